The fourth-order valence-corrected chi connectivity index (χ4v) is 5.75. The van der Waals surface area contributed by atoms with E-state index in [0.717, 1.165) is 32.9 Å². The molecule has 0 unspecified atom stereocenters. The van der Waals surface area contributed by atoms with Crippen molar-refractivity contribution in [2.45, 2.75) is 75.3 Å². The van der Waals surface area contributed by atoms with Crippen LogP contribution in [0.4, 0.5) is 22.0 Å². The van der Waals surface area contributed by atoms with Gasteiger partial charge in [0, 0.05) is 26.7 Å². The molecule has 0 aliphatic rings. The number of amides is 2. The quantitative estimate of drug-likeness (QED) is 0.137. The second-order valence-corrected chi connectivity index (χ2v) is 13.5. The van der Waals surface area contributed by atoms with Crippen molar-refractivity contribution in [1.29, 1.82) is 0 Å². The lowest BCUT2D eigenvalue weighted by Crippen LogP contribution is -2.28. The van der Waals surface area contributed by atoms with E-state index in [2.05, 4.69) is 46.7 Å². The third-order valence-corrected chi connectivity index (χ3v) is 8.33. The van der Waals surface area contributed by atoms with Gasteiger partial charge in [0.15, 0.2) is 5.65 Å². The zero-order valence-electron chi connectivity index (χ0n) is 27.5. The predicted molar refractivity (Wildman–Crippen MR) is 189 cm³/mol. The van der Waals surface area contributed by atoms with Gasteiger partial charge in [-0.25, -0.2) is 19.7 Å². The Bertz CT molecular complexity index is 1860. The van der Waals surface area contributed by atoms with E-state index in [4.69, 9.17) is 9.72 Å². The van der Waals surface area contributed by atoms with Gasteiger partial charge in [0.25, 0.3) is 5.91 Å². The third kappa shape index (κ3) is 8.86. The van der Waals surface area contributed by atoms with Crippen molar-refractivity contribution >= 4 is 52.0 Å². The Kier molecular flexibility index (Phi) is 10.4. The summed E-state index contributed by atoms with van der Waals surface area (Å²) in [5.41, 5.74) is 3.86. The SMILES string of the molecule is CC[C@@H](NC(=O)c1ccc(Sc2ccc(NC(=O)OC(C)(C)C)cc2)c(Nc2ncnc3nc(C(C)C)ccc23)c1)c1ccccc1. The Morgan fingerprint density at radius 3 is 2.34 bits per heavy atom. The van der Waals surface area contributed by atoms with Gasteiger partial charge in [0.2, 0.25) is 0 Å². The van der Waals surface area contributed by atoms with Gasteiger partial charge >= 0.3 is 6.09 Å². The van der Waals surface area contributed by atoms with E-state index in [9.17, 15) is 9.59 Å². The number of fused-ring (bicyclic) bond motifs is 1. The molecule has 0 fully saturated rings. The van der Waals surface area contributed by atoms with E-state index >= 15 is 0 Å². The summed E-state index contributed by atoms with van der Waals surface area (Å²) in [6.07, 6.45) is 1.74. The van der Waals surface area contributed by atoms with E-state index in [1.807, 2.05) is 106 Å². The van der Waals surface area contributed by atoms with Crippen molar-refractivity contribution in [2.75, 3.05) is 10.6 Å². The van der Waals surface area contributed by atoms with Crippen LogP contribution in [0.15, 0.2) is 101 Å². The van der Waals surface area contributed by atoms with Gasteiger partial charge in [-0.3, -0.25) is 10.1 Å². The third-order valence-electron chi connectivity index (χ3n) is 7.25. The van der Waals surface area contributed by atoms with E-state index in [-0.39, 0.29) is 17.9 Å². The number of hydrogen-bond acceptors (Lipinski definition) is 8. The molecule has 3 N–H and O–H groups in total. The molecule has 10 heteroatoms. The highest BCUT2D eigenvalue weighted by Crippen LogP contribution is 2.37. The number of ether oxygens (including phenoxy) is 1. The van der Waals surface area contributed by atoms with Crippen LogP contribution in [-0.4, -0.2) is 32.6 Å². The molecule has 9 nitrogen and oxygen atoms in total. The van der Waals surface area contributed by atoms with Crippen LogP contribution in [0.3, 0.4) is 0 Å². The van der Waals surface area contributed by atoms with Crippen LogP contribution in [0.1, 0.15) is 81.5 Å². The predicted octanol–water partition coefficient (Wildman–Crippen LogP) is 9.27. The summed E-state index contributed by atoms with van der Waals surface area (Å²) in [5, 5.41) is 10.2. The number of pyridine rings is 1. The van der Waals surface area contributed by atoms with Crippen LogP contribution in [0.25, 0.3) is 11.0 Å². The minimum Gasteiger partial charge on any atom is -0.444 e. The zero-order valence-corrected chi connectivity index (χ0v) is 28.3. The fraction of sp³-hybridized carbons (Fsp3) is 0.270. The molecule has 0 saturated heterocycles. The van der Waals surface area contributed by atoms with E-state index < -0.39 is 11.7 Å². The van der Waals surface area contributed by atoms with Crippen molar-refractivity contribution in [1.82, 2.24) is 20.3 Å². The first kappa shape index (κ1) is 33.4. The second-order valence-electron chi connectivity index (χ2n) is 12.4. The number of hydrogen-bond donors (Lipinski definition) is 3. The van der Waals surface area contributed by atoms with Crippen molar-refractivity contribution in [3.8, 4) is 0 Å². The van der Waals surface area contributed by atoms with Gasteiger partial charge in [-0.05, 0) is 93.3 Å². The Labute approximate surface area is 280 Å². The molecule has 47 heavy (non-hydrogen) atoms. The number of nitrogens with one attached hydrogen (secondary N) is 3. The van der Waals surface area contributed by atoms with Gasteiger partial charge in [-0.2, -0.15) is 0 Å². The fourth-order valence-electron chi connectivity index (χ4n) is 4.87. The lowest BCUT2D eigenvalue weighted by molar-refractivity contribution is 0.0635. The summed E-state index contributed by atoms with van der Waals surface area (Å²) in [7, 11) is 0. The Balaban J connectivity index is 1.44. The molecular formula is C37H40N6O3S. The van der Waals surface area contributed by atoms with Crippen molar-refractivity contribution < 1.29 is 14.3 Å². The van der Waals surface area contributed by atoms with Crippen LogP contribution in [0.2, 0.25) is 0 Å². The highest BCUT2D eigenvalue weighted by Gasteiger charge is 2.19. The molecule has 0 aliphatic carbocycles. The molecule has 2 aromatic heterocycles. The lowest BCUT2D eigenvalue weighted by atomic mass is 10.0. The van der Waals surface area contributed by atoms with Gasteiger partial charge in [-0.1, -0.05) is 62.9 Å². The largest absolute Gasteiger partial charge is 0.444 e. The first-order valence-electron chi connectivity index (χ1n) is 15.7. The van der Waals surface area contributed by atoms with Crippen molar-refractivity contribution in [3.63, 3.8) is 0 Å². The highest BCUT2D eigenvalue weighted by atomic mass is 32.2. The monoisotopic (exact) mass is 648 g/mol. The Hall–Kier alpha value is -4.96. The van der Waals surface area contributed by atoms with Crippen molar-refractivity contribution in [3.05, 3.63) is 108 Å². The van der Waals surface area contributed by atoms with Crippen LogP contribution in [0, 0.1) is 0 Å². The smallest absolute Gasteiger partial charge is 0.412 e. The van der Waals surface area contributed by atoms with Crippen LogP contribution in [0.5, 0.6) is 0 Å². The summed E-state index contributed by atoms with van der Waals surface area (Å²) in [5.74, 6) is 0.677. The van der Waals surface area contributed by atoms with Gasteiger partial charge in [0.05, 0.1) is 17.1 Å². The standard InChI is InChI=1S/C37H40N6O3S/c1-7-29(24-11-9-8-10-12-24)43-35(44)25-13-20-32(47-27-16-14-26(15-17-27)40-36(45)46-37(4,5)6)31(21-25)42-34-28-18-19-30(23(2)3)41-33(28)38-22-39-34/h8-23,29H,7H2,1-6H3,(H,40,45)(H,43,44)(H,38,39,41,42)/t29-/m1/s1. The number of aromatic nitrogens is 3. The van der Waals surface area contributed by atoms with E-state index in [1.165, 1.54) is 18.1 Å². The first-order chi connectivity index (χ1) is 22.5. The van der Waals surface area contributed by atoms with Gasteiger partial charge in [-0.15, -0.1) is 0 Å². The molecule has 0 radical (unpaired) electrons. The molecule has 0 saturated carbocycles. The molecule has 1 atom stereocenters. The number of anilines is 3. The molecule has 5 aromatic rings. The van der Waals surface area contributed by atoms with E-state index in [1.54, 1.807) is 0 Å². The van der Waals surface area contributed by atoms with Crippen LogP contribution >= 0.6 is 11.8 Å². The number of carbonyl (C=O) groups is 2. The van der Waals surface area contributed by atoms with Crippen molar-refractivity contribution in [2.24, 2.45) is 0 Å². The summed E-state index contributed by atoms with van der Waals surface area (Å²) >= 11 is 1.52. The topological polar surface area (TPSA) is 118 Å². The lowest BCUT2D eigenvalue weighted by Gasteiger charge is -2.20. The maximum atomic E-state index is 13.6. The average molecular weight is 649 g/mol. The molecule has 2 heterocycles. The molecule has 2 amide bonds. The second kappa shape index (κ2) is 14.6. The number of rotatable bonds is 10. The zero-order chi connectivity index (χ0) is 33.6. The first-order valence-corrected chi connectivity index (χ1v) is 16.5. The highest BCUT2D eigenvalue weighted by molar-refractivity contribution is 7.99. The van der Waals surface area contributed by atoms with E-state index in [0.29, 0.717) is 28.4 Å². The molecule has 0 aliphatic heterocycles. The summed E-state index contributed by atoms with van der Waals surface area (Å²) in [6, 6.07) is 26.9. The molecule has 0 bridgehead atoms. The molecular weight excluding hydrogens is 609 g/mol. The number of benzene rings is 3. The summed E-state index contributed by atoms with van der Waals surface area (Å²) in [4.78, 5) is 41.3. The molecule has 3 aromatic carbocycles. The van der Waals surface area contributed by atoms with Crippen LogP contribution in [-0.2, 0) is 4.74 Å². The van der Waals surface area contributed by atoms with Gasteiger partial charge in [0.1, 0.15) is 17.7 Å². The molecule has 0 spiro atoms. The maximum Gasteiger partial charge on any atom is 0.412 e. The number of nitrogens with zero attached hydrogens (tertiary/aromatic N) is 3. The number of carbonyl (C=O) groups excluding carboxylic acids is 2. The normalized spacial score (nSPS) is 12.1. The molecule has 242 valence electrons. The molecule has 5 rings (SSSR count). The van der Waals surface area contributed by atoms with Crippen LogP contribution < -0.4 is 16.0 Å². The van der Waals surface area contributed by atoms with Gasteiger partial charge < -0.3 is 15.4 Å². The minimum absolute atomic E-state index is 0.117. The Morgan fingerprint density at radius 2 is 1.66 bits per heavy atom. The average Bonchev–Trinajstić information content (AvgIpc) is 3.04. The Morgan fingerprint density at radius 1 is 0.915 bits per heavy atom. The summed E-state index contributed by atoms with van der Waals surface area (Å²) in [6.45, 7) is 11.7. The minimum atomic E-state index is -0.590. The summed E-state index contributed by atoms with van der Waals surface area (Å²) < 4.78 is 5.36. The maximum absolute atomic E-state index is 13.6.